The minimum Gasteiger partial charge on any atom is -0.360 e. The van der Waals surface area contributed by atoms with Gasteiger partial charge in [-0.05, 0) is 232 Å². The number of nitrogens with one attached hydrogen (secondary N) is 8. The van der Waals surface area contributed by atoms with Gasteiger partial charge in [0.25, 0.3) is 22.2 Å². The van der Waals surface area contributed by atoms with E-state index >= 15 is 0 Å². The summed E-state index contributed by atoms with van der Waals surface area (Å²) in [5.41, 5.74) is 15.0. The number of benzene rings is 6. The van der Waals surface area contributed by atoms with Crippen LogP contribution in [0.4, 0.5) is 27.7 Å². The number of aromatic nitrogens is 20. The van der Waals surface area contributed by atoms with Crippen LogP contribution in [0.2, 0.25) is 0 Å². The highest BCUT2D eigenvalue weighted by molar-refractivity contribution is 5.90. The summed E-state index contributed by atoms with van der Waals surface area (Å²) in [5, 5.41) is 20.6. The lowest BCUT2D eigenvalue weighted by molar-refractivity contribution is 0.216. The van der Waals surface area contributed by atoms with Gasteiger partial charge in [-0.1, -0.05) is 104 Å². The molecule has 14 heterocycles. The number of imidazole rings is 4. The number of rotatable bonds is 18. The van der Waals surface area contributed by atoms with E-state index in [1.54, 1.807) is 29.9 Å². The number of H-pyrrole nitrogens is 4. The highest BCUT2D eigenvalue weighted by Crippen LogP contribution is 2.36. The smallest absolute Gasteiger partial charge is 0.263 e. The number of piperidine rings is 2. The van der Waals surface area contributed by atoms with Gasteiger partial charge in [0.1, 0.15) is 53.2 Å². The molecule has 2 fully saturated rings. The molecule has 4 atom stereocenters. The lowest BCUT2D eigenvalue weighted by Gasteiger charge is -2.33. The van der Waals surface area contributed by atoms with Crippen molar-refractivity contribution >= 4 is 111 Å². The molecule has 2 saturated heterocycles. The fourth-order valence-electron chi connectivity index (χ4n) is 17.6. The fourth-order valence-corrected chi connectivity index (χ4v) is 17.6. The van der Waals surface area contributed by atoms with Gasteiger partial charge in [-0.25, -0.2) is 64.2 Å². The third kappa shape index (κ3) is 16.8. The van der Waals surface area contributed by atoms with Crippen LogP contribution < -0.4 is 43.5 Å². The third-order valence-corrected chi connectivity index (χ3v) is 24.2. The van der Waals surface area contributed by atoms with Crippen molar-refractivity contribution in [2.45, 2.75) is 137 Å². The first-order valence-electron chi connectivity index (χ1n) is 42.6. The van der Waals surface area contributed by atoms with E-state index in [4.69, 9.17) is 0 Å². The highest BCUT2D eigenvalue weighted by Gasteiger charge is 2.30. The Bertz CT molecular complexity index is 7300. The molecular formula is C95H99FN26O4. The normalized spacial score (nSPS) is 14.5. The van der Waals surface area contributed by atoms with Gasteiger partial charge < -0.3 is 60.1 Å². The van der Waals surface area contributed by atoms with Gasteiger partial charge in [0.05, 0.1) is 71.3 Å². The van der Waals surface area contributed by atoms with E-state index in [1.165, 1.54) is 37.4 Å². The predicted molar refractivity (Wildman–Crippen MR) is 495 cm³/mol. The van der Waals surface area contributed by atoms with Gasteiger partial charge in [-0.3, -0.25) is 28.3 Å². The predicted octanol–water partition coefficient (Wildman–Crippen LogP) is 16.3. The minimum atomic E-state index is -0.385. The Labute approximate surface area is 723 Å². The maximum Gasteiger partial charge on any atom is 0.263 e. The Balaban J connectivity index is 0.000000119. The Hall–Kier alpha value is -14.6. The number of nitrogens with zero attached hydrogens (tertiary/aromatic N) is 18. The van der Waals surface area contributed by atoms with E-state index in [0.717, 1.165) is 169 Å². The summed E-state index contributed by atoms with van der Waals surface area (Å²) in [7, 11) is 4.27. The molecule has 0 aliphatic carbocycles. The molecule has 30 nitrogen and oxygen atoms in total. The topological polar surface area (TPSA) is 360 Å². The Morgan fingerprint density at radius 2 is 0.746 bits per heavy atom. The average Bonchev–Trinajstić information content (AvgIpc) is 0.852. The lowest BCUT2D eigenvalue weighted by Crippen LogP contribution is -2.37. The van der Waals surface area contributed by atoms with Gasteiger partial charge in [0.15, 0.2) is 45.9 Å². The number of fused-ring (bicyclic) bond motifs is 8. The summed E-state index contributed by atoms with van der Waals surface area (Å²) < 4.78 is 21.9. The molecule has 0 spiro atoms. The van der Waals surface area contributed by atoms with Gasteiger partial charge in [-0.2, -0.15) is 0 Å². The fraction of sp³-hybridized carbons (Fsp3) is 0.284. The summed E-state index contributed by atoms with van der Waals surface area (Å²) in [5.74, 6) is 2.22. The summed E-state index contributed by atoms with van der Waals surface area (Å²) in [6.45, 7) is 22.0. The van der Waals surface area contributed by atoms with E-state index in [-0.39, 0.29) is 64.3 Å². The Kier molecular flexibility index (Phi) is 24.0. The minimum absolute atomic E-state index is 0.0194. The van der Waals surface area contributed by atoms with Crippen molar-refractivity contribution in [1.82, 2.24) is 108 Å². The zero-order chi connectivity index (χ0) is 87.6. The van der Waals surface area contributed by atoms with Crippen molar-refractivity contribution in [1.29, 1.82) is 0 Å². The lowest BCUT2D eigenvalue weighted by atomic mass is 10.00. The monoisotopic (exact) mass is 1690 g/mol. The van der Waals surface area contributed by atoms with Crippen LogP contribution in [0.5, 0.6) is 0 Å². The molecule has 2 aliphatic rings. The summed E-state index contributed by atoms with van der Waals surface area (Å²) >= 11 is 0. The second-order valence-corrected chi connectivity index (χ2v) is 32.7. The molecule has 8 N–H and O–H groups in total. The van der Waals surface area contributed by atoms with Crippen LogP contribution in [0.25, 0.3) is 99.1 Å². The number of likely N-dealkylation sites (tertiary alicyclic amines) is 2. The first-order chi connectivity index (χ1) is 61.2. The Morgan fingerprint density at radius 3 is 1.16 bits per heavy atom. The Morgan fingerprint density at radius 1 is 0.381 bits per heavy atom. The molecule has 2 aliphatic heterocycles. The van der Waals surface area contributed by atoms with Crippen LogP contribution in [0.15, 0.2) is 215 Å². The van der Waals surface area contributed by atoms with Crippen molar-refractivity contribution in [3.8, 4) is 11.4 Å². The van der Waals surface area contributed by atoms with Crippen LogP contribution >= 0.6 is 0 Å². The van der Waals surface area contributed by atoms with Crippen molar-refractivity contribution in [3.05, 3.63) is 294 Å². The number of aromatic amines is 4. The summed E-state index contributed by atoms with van der Waals surface area (Å²) in [6, 6.07) is 46.4. The number of anilines is 4. The quantitative estimate of drug-likeness (QED) is 0.0395. The molecule has 31 heteroatoms. The number of hydrogen-bond acceptors (Lipinski definition) is 22. The van der Waals surface area contributed by atoms with Crippen molar-refractivity contribution < 1.29 is 4.39 Å². The maximum atomic E-state index is 14.4. The zero-order valence-corrected chi connectivity index (χ0v) is 72.1. The largest absolute Gasteiger partial charge is 0.360 e. The second kappa shape index (κ2) is 36.1. The van der Waals surface area contributed by atoms with Crippen LogP contribution in [-0.4, -0.2) is 148 Å². The summed E-state index contributed by atoms with van der Waals surface area (Å²) in [6.07, 6.45) is 17.6. The third-order valence-electron chi connectivity index (χ3n) is 24.2. The number of halogens is 1. The molecule has 12 aromatic heterocycles. The first kappa shape index (κ1) is 83.7. The number of pyridine rings is 4. The van der Waals surface area contributed by atoms with Gasteiger partial charge in [0, 0.05) is 45.9 Å². The van der Waals surface area contributed by atoms with E-state index in [2.05, 4.69) is 164 Å². The molecule has 0 amide bonds. The zero-order valence-electron chi connectivity index (χ0n) is 72.1. The average molecular weight is 1690 g/mol. The van der Waals surface area contributed by atoms with Gasteiger partial charge in [-0.15, -0.1) is 0 Å². The van der Waals surface area contributed by atoms with E-state index < -0.39 is 0 Å². The molecule has 0 radical (unpaired) electrons. The molecule has 126 heavy (non-hydrogen) atoms. The molecule has 640 valence electrons. The number of aryl methyl sites for hydroxylation is 5. The maximum absolute atomic E-state index is 14.4. The van der Waals surface area contributed by atoms with Crippen molar-refractivity contribution in [2.24, 2.45) is 0 Å². The standard InChI is InChI=1S/C25H23FN6O.C25H24N6O.C23H27N7O.C22H25N7O/c1-4-19(31-24-22-23(28-12-27-22)29-13-30-24)20-10-16-7-5-6-15(3)21(16)25(33)32(20)18-9-14(2)8-17(26)11-18;1-4-19(30-24-22-23(27-13-26-22)28-14-29-24)20-12-17-7-5-6-16(3)21(17)25(32)31(20)18-10-8-15(2)9-11-18;1-14-5-4-6-16-11-18(15(2)28-22-20-21(25-12-24-20)26-13-27-22)30(23(31)19(14)16)17-7-9-29(3)10-8-17;1-14(27-21-19-20(24-12-23-19)25-13-26-21)18-11-15-5-3-4-6-17(15)22(30)29(18)16-7-9-28(2)10-8-16/h5-13,19H,4H2,1-3H3,(H2,27,28,29,30,31);5-14,19H,4H2,1-3H3,(H2,26,27,28,29,30);4-6,11-13,15,17H,7-10H2,1-3H3,(H2,24,25,26,27,28);3-6,11-14,16H,7-10H2,1-2H3,(H2,23,24,25,26,27). The number of hydrogen-bond donors (Lipinski definition) is 8. The molecule has 18 aromatic rings. The van der Waals surface area contributed by atoms with Crippen LogP contribution in [0.1, 0.15) is 153 Å². The SMILES string of the molecule is CC(Nc1ncnc2nc[nH]c12)c1cc2ccccc2c(=O)n1C1CCN(C)CC1.CCC(Nc1ncnc2nc[nH]c12)c1cc2cccc(C)c2c(=O)n1-c1cc(C)cc(F)c1.CCC(Nc1ncnc2nc[nH]c12)c1cc2cccc(C)c2c(=O)n1-c1ccc(C)cc1.Cc1cccc2cc(C(C)Nc3ncnc4nc[nH]c34)n(C3CCN(C)CC3)c(=O)c12. The molecule has 4 unspecified atom stereocenters. The van der Waals surface area contributed by atoms with Crippen molar-refractivity contribution in [3.63, 3.8) is 0 Å². The molecule has 0 bridgehead atoms. The van der Waals surface area contributed by atoms with Crippen LogP contribution in [0, 0.1) is 40.4 Å². The van der Waals surface area contributed by atoms with E-state index in [9.17, 15) is 23.6 Å². The molecule has 6 aromatic carbocycles. The van der Waals surface area contributed by atoms with Crippen LogP contribution in [-0.2, 0) is 0 Å². The first-order valence-corrected chi connectivity index (χ1v) is 42.6. The van der Waals surface area contributed by atoms with E-state index in [1.807, 2.05) is 171 Å². The van der Waals surface area contributed by atoms with Gasteiger partial charge in [0.2, 0.25) is 0 Å². The van der Waals surface area contributed by atoms with Crippen LogP contribution in [0.3, 0.4) is 0 Å². The van der Waals surface area contributed by atoms with Gasteiger partial charge >= 0.3 is 0 Å². The molecule has 20 rings (SSSR count). The summed E-state index contributed by atoms with van der Waals surface area (Å²) in [4.78, 5) is 123. The van der Waals surface area contributed by atoms with E-state index in [0.29, 0.717) is 68.9 Å². The second-order valence-electron chi connectivity index (χ2n) is 32.7. The molecular weight excluding hydrogens is 1590 g/mol. The highest BCUT2D eigenvalue weighted by atomic mass is 19.1. The molecule has 0 saturated carbocycles. The van der Waals surface area contributed by atoms with Crippen molar-refractivity contribution in [2.75, 3.05) is 61.5 Å².